The number of aromatic nitrogens is 5. The first-order valence-corrected chi connectivity index (χ1v) is 19.8. The fraction of sp³-hybridized carbons (Fsp3) is 0.178. The Balaban J connectivity index is 1.05. The largest absolute Gasteiger partial charge is 0.319 e. The summed E-state index contributed by atoms with van der Waals surface area (Å²) in [6.45, 7) is 0.787. The van der Waals surface area contributed by atoms with E-state index in [1.54, 1.807) is 11.8 Å². The minimum Gasteiger partial charge on any atom is -0.319 e. The third-order valence-electron chi connectivity index (χ3n) is 10.1. The van der Waals surface area contributed by atoms with Crippen molar-refractivity contribution < 1.29 is 0 Å². The van der Waals surface area contributed by atoms with Gasteiger partial charge >= 0.3 is 0 Å². The van der Waals surface area contributed by atoms with E-state index in [1.165, 1.54) is 33.4 Å². The molecule has 0 fully saturated rings. The third kappa shape index (κ3) is 7.37. The molecule has 0 saturated carbocycles. The number of fused-ring (bicyclic) bond motifs is 1. The van der Waals surface area contributed by atoms with E-state index in [1.807, 2.05) is 24.5 Å². The van der Waals surface area contributed by atoms with Gasteiger partial charge in [-0.1, -0.05) is 162 Å². The lowest BCUT2D eigenvalue weighted by molar-refractivity contribution is 0.513. The highest BCUT2D eigenvalue weighted by Crippen LogP contribution is 2.41. The number of imidazole rings is 1. The topological polar surface area (TPSA) is 48.5 Å². The fourth-order valence-electron chi connectivity index (χ4n) is 7.53. The van der Waals surface area contributed by atoms with E-state index in [0.717, 1.165) is 66.6 Å². The molecule has 0 spiro atoms. The van der Waals surface area contributed by atoms with E-state index in [-0.39, 0.29) is 0 Å². The van der Waals surface area contributed by atoms with Crippen LogP contribution in [0.2, 0.25) is 10.0 Å². The molecule has 8 heteroatoms. The summed E-state index contributed by atoms with van der Waals surface area (Å²) in [5, 5.41) is 11.5. The molecule has 0 unspecified atom stereocenters. The average Bonchev–Trinajstić information content (AvgIpc) is 3.95. The Kier molecular flexibility index (Phi) is 10.6. The van der Waals surface area contributed by atoms with Gasteiger partial charge in [-0.15, -0.1) is 10.2 Å². The molecule has 0 radical (unpaired) electrons. The lowest BCUT2D eigenvalue weighted by atomic mass is 9.77. The van der Waals surface area contributed by atoms with Gasteiger partial charge in [-0.2, -0.15) is 0 Å². The van der Waals surface area contributed by atoms with Crippen LogP contribution in [-0.4, -0.2) is 24.3 Å². The van der Waals surface area contributed by atoms with Crippen molar-refractivity contribution in [2.75, 3.05) is 0 Å². The molecule has 0 amide bonds. The number of allylic oxidation sites excluding steroid dienone is 2. The molecule has 0 atom stereocenters. The fourth-order valence-corrected chi connectivity index (χ4v) is 8.78. The van der Waals surface area contributed by atoms with Gasteiger partial charge in [-0.3, -0.25) is 0 Å². The van der Waals surface area contributed by atoms with Crippen LogP contribution in [0.15, 0.2) is 157 Å². The van der Waals surface area contributed by atoms with Gasteiger partial charge in [-0.25, -0.2) is 4.98 Å². The Morgan fingerprint density at radius 1 is 0.679 bits per heavy atom. The van der Waals surface area contributed by atoms with Gasteiger partial charge in [0.2, 0.25) is 0 Å². The molecule has 1 aliphatic carbocycles. The lowest BCUT2D eigenvalue weighted by Crippen LogP contribution is -2.36. The normalized spacial score (nSPS) is 12.5. The second-order valence-electron chi connectivity index (χ2n) is 13.4. The van der Waals surface area contributed by atoms with Gasteiger partial charge < -0.3 is 9.13 Å². The predicted octanol–water partition coefficient (Wildman–Crippen LogP) is 11.1. The molecular formula is C45H39Cl2N5S. The standard InChI is InChI=1S/C45H39Cl2N5S/c46-41-26-22-33(29-42(41)47)31-53-44-50-49-43(27-25-35-24-23-34-13-10-11-21-40(34)35)52(44)28-12-20-39-30-51(32-48-39)45(36-14-4-1-5-15-36,37-16-6-2-7-17-37)38-18-8-3-9-19-38/h1-11,13-19,21-22,24,26,29-30,32H,12,20,23,25,27-28,31H2. The average molecular weight is 753 g/mol. The van der Waals surface area contributed by atoms with Gasteiger partial charge in [0.05, 0.1) is 22.1 Å². The summed E-state index contributed by atoms with van der Waals surface area (Å²) in [6.07, 6.45) is 11.0. The van der Waals surface area contributed by atoms with Crippen LogP contribution in [0.25, 0.3) is 5.57 Å². The highest BCUT2D eigenvalue weighted by Gasteiger charge is 2.38. The molecule has 53 heavy (non-hydrogen) atoms. The molecule has 1 aliphatic rings. The van der Waals surface area contributed by atoms with Crippen LogP contribution in [0.5, 0.6) is 0 Å². The second-order valence-corrected chi connectivity index (χ2v) is 15.1. The molecule has 0 aliphatic heterocycles. The number of thioether (sulfide) groups is 1. The maximum Gasteiger partial charge on any atom is 0.191 e. The minimum atomic E-state index is -0.585. The number of nitrogens with zero attached hydrogens (tertiary/aromatic N) is 5. The minimum absolute atomic E-state index is 0.560. The monoisotopic (exact) mass is 751 g/mol. The molecule has 0 N–H and O–H groups in total. The highest BCUT2D eigenvalue weighted by molar-refractivity contribution is 7.98. The van der Waals surface area contributed by atoms with Crippen molar-refractivity contribution in [2.24, 2.45) is 0 Å². The van der Waals surface area contributed by atoms with Gasteiger partial charge in [0, 0.05) is 24.9 Å². The summed E-state index contributed by atoms with van der Waals surface area (Å²) in [5.74, 6) is 1.73. The Morgan fingerprint density at radius 3 is 2.02 bits per heavy atom. The predicted molar refractivity (Wildman–Crippen MR) is 218 cm³/mol. The summed E-state index contributed by atoms with van der Waals surface area (Å²) < 4.78 is 4.60. The highest BCUT2D eigenvalue weighted by atomic mass is 35.5. The van der Waals surface area contributed by atoms with Crippen LogP contribution in [-0.2, 0) is 37.1 Å². The number of aryl methyl sites for hydroxylation is 2. The second kappa shape index (κ2) is 16.0. The van der Waals surface area contributed by atoms with E-state index in [2.05, 4.69) is 137 Å². The molecule has 2 aromatic heterocycles. The van der Waals surface area contributed by atoms with Gasteiger partial charge in [0.15, 0.2) is 5.16 Å². The first-order valence-electron chi connectivity index (χ1n) is 18.1. The van der Waals surface area contributed by atoms with Crippen molar-refractivity contribution in [1.82, 2.24) is 24.3 Å². The van der Waals surface area contributed by atoms with E-state index in [0.29, 0.717) is 10.0 Å². The first kappa shape index (κ1) is 35.2. The molecule has 5 aromatic carbocycles. The SMILES string of the molecule is Clc1ccc(CSc2nnc(CCC3=CCc4ccccc43)n2CCCc2cn(C(c3ccccc3)(c3ccccc3)c3ccccc3)cn2)cc1Cl. The van der Waals surface area contributed by atoms with E-state index < -0.39 is 5.54 Å². The number of rotatable bonds is 14. The van der Waals surface area contributed by atoms with Crippen LogP contribution in [0, 0.1) is 0 Å². The third-order valence-corrected chi connectivity index (χ3v) is 11.9. The van der Waals surface area contributed by atoms with Crippen molar-refractivity contribution in [3.8, 4) is 0 Å². The number of benzene rings is 5. The molecule has 5 nitrogen and oxygen atoms in total. The molecule has 8 rings (SSSR count). The summed E-state index contributed by atoms with van der Waals surface area (Å²) in [6, 6.07) is 46.7. The lowest BCUT2D eigenvalue weighted by Gasteiger charge is -2.37. The van der Waals surface area contributed by atoms with Crippen molar-refractivity contribution >= 4 is 40.5 Å². The Morgan fingerprint density at radius 2 is 1.34 bits per heavy atom. The number of hydrogen-bond donors (Lipinski definition) is 0. The molecule has 0 bridgehead atoms. The van der Waals surface area contributed by atoms with E-state index in [4.69, 9.17) is 38.4 Å². The van der Waals surface area contributed by atoms with Crippen molar-refractivity contribution in [3.05, 3.63) is 207 Å². The summed E-state index contributed by atoms with van der Waals surface area (Å²) in [4.78, 5) is 5.01. The zero-order chi connectivity index (χ0) is 36.0. The van der Waals surface area contributed by atoms with Gasteiger partial charge in [0.1, 0.15) is 11.4 Å². The smallest absolute Gasteiger partial charge is 0.191 e. The molecule has 2 heterocycles. The summed E-state index contributed by atoms with van der Waals surface area (Å²) in [5.41, 5.74) is 9.25. The quantitative estimate of drug-likeness (QED) is 0.0820. The van der Waals surface area contributed by atoms with Crippen LogP contribution < -0.4 is 0 Å². The zero-order valence-corrected chi connectivity index (χ0v) is 31.6. The Labute approximate surface area is 325 Å². The van der Waals surface area contributed by atoms with Crippen molar-refractivity contribution in [2.45, 2.75) is 55.1 Å². The van der Waals surface area contributed by atoms with Crippen LogP contribution >= 0.6 is 35.0 Å². The Bertz CT molecular complexity index is 2240. The van der Waals surface area contributed by atoms with Gasteiger partial charge in [-0.05, 0) is 76.8 Å². The number of halogens is 2. The maximum atomic E-state index is 6.34. The number of hydrogen-bond acceptors (Lipinski definition) is 4. The molecule has 7 aromatic rings. The van der Waals surface area contributed by atoms with E-state index >= 15 is 0 Å². The molecular weight excluding hydrogens is 714 g/mol. The Hall–Kier alpha value is -4.88. The van der Waals surface area contributed by atoms with E-state index in [9.17, 15) is 0 Å². The van der Waals surface area contributed by atoms with Crippen LogP contribution in [0.3, 0.4) is 0 Å². The van der Waals surface area contributed by atoms with Gasteiger partial charge in [0.25, 0.3) is 0 Å². The van der Waals surface area contributed by atoms with Crippen molar-refractivity contribution in [1.29, 1.82) is 0 Å². The molecule has 0 saturated heterocycles. The van der Waals surface area contributed by atoms with Crippen molar-refractivity contribution in [3.63, 3.8) is 0 Å². The zero-order valence-electron chi connectivity index (χ0n) is 29.3. The molecule has 264 valence electrons. The van der Waals surface area contributed by atoms with Crippen LogP contribution in [0.1, 0.15) is 57.7 Å². The maximum absolute atomic E-state index is 6.34. The van der Waals surface area contributed by atoms with Crippen LogP contribution in [0.4, 0.5) is 0 Å². The first-order chi connectivity index (χ1) is 26.1. The summed E-state index contributed by atoms with van der Waals surface area (Å²) in [7, 11) is 0. The summed E-state index contributed by atoms with van der Waals surface area (Å²) >= 11 is 14.2.